The highest BCUT2D eigenvalue weighted by Crippen LogP contribution is 2.25. The Morgan fingerprint density at radius 1 is 0.842 bits per heavy atom. The maximum atomic E-state index is 14.0. The van der Waals surface area contributed by atoms with Gasteiger partial charge in [0.2, 0.25) is 11.8 Å². The van der Waals surface area contributed by atoms with Gasteiger partial charge >= 0.3 is 0 Å². The fraction of sp³-hybridized carbons (Fsp3) is 0.333. The lowest BCUT2D eigenvalue weighted by Gasteiger charge is -2.33. The molecule has 0 unspecified atom stereocenters. The summed E-state index contributed by atoms with van der Waals surface area (Å²) in [5.74, 6) is -0.731. The molecule has 1 N–H and O–H groups in total. The largest absolute Gasteiger partial charge is 0.352 e. The van der Waals surface area contributed by atoms with Gasteiger partial charge < -0.3 is 10.2 Å². The Bertz CT molecular complexity index is 1320. The SMILES string of the molecule is CC[C@@H](C(=O)NC(C)C)N(Cc1ccccc1)C(=O)CN(c1ccc(C)cc1)S(=O)(=O)c1ccc(C)cc1. The number of carbonyl (C=O) groups excluding carboxylic acids is 2. The zero-order valence-electron chi connectivity index (χ0n) is 22.7. The Morgan fingerprint density at radius 2 is 1.39 bits per heavy atom. The highest BCUT2D eigenvalue weighted by atomic mass is 32.2. The maximum absolute atomic E-state index is 14.0. The first-order chi connectivity index (χ1) is 18.0. The molecule has 8 heteroatoms. The number of rotatable bonds is 11. The summed E-state index contributed by atoms with van der Waals surface area (Å²) < 4.78 is 28.8. The summed E-state index contributed by atoms with van der Waals surface area (Å²) >= 11 is 0. The molecule has 3 aromatic rings. The number of anilines is 1. The van der Waals surface area contributed by atoms with E-state index in [9.17, 15) is 18.0 Å². The zero-order valence-corrected chi connectivity index (χ0v) is 23.5. The molecule has 0 saturated heterocycles. The second-order valence-electron chi connectivity index (χ2n) is 9.75. The van der Waals surface area contributed by atoms with Crippen LogP contribution in [-0.4, -0.2) is 43.8 Å². The highest BCUT2D eigenvalue weighted by molar-refractivity contribution is 7.92. The number of hydrogen-bond acceptors (Lipinski definition) is 4. The molecule has 0 aliphatic heterocycles. The van der Waals surface area contributed by atoms with Crippen LogP contribution in [0, 0.1) is 13.8 Å². The van der Waals surface area contributed by atoms with E-state index in [1.54, 1.807) is 36.4 Å². The van der Waals surface area contributed by atoms with Crippen LogP contribution < -0.4 is 9.62 Å². The molecule has 0 heterocycles. The van der Waals surface area contributed by atoms with Crippen molar-refractivity contribution in [2.45, 2.75) is 64.6 Å². The van der Waals surface area contributed by atoms with Gasteiger partial charge in [-0.15, -0.1) is 0 Å². The van der Waals surface area contributed by atoms with Crippen LogP contribution in [0.3, 0.4) is 0 Å². The van der Waals surface area contributed by atoms with Gasteiger partial charge in [0, 0.05) is 12.6 Å². The van der Waals surface area contributed by atoms with Crippen molar-refractivity contribution in [2.24, 2.45) is 0 Å². The molecule has 38 heavy (non-hydrogen) atoms. The fourth-order valence-corrected chi connectivity index (χ4v) is 5.57. The molecule has 0 spiro atoms. The number of nitrogens with zero attached hydrogens (tertiary/aromatic N) is 2. The van der Waals surface area contributed by atoms with Gasteiger partial charge in [-0.05, 0) is 63.9 Å². The molecule has 0 bridgehead atoms. The van der Waals surface area contributed by atoms with E-state index in [2.05, 4.69) is 5.32 Å². The number of nitrogens with one attached hydrogen (secondary N) is 1. The number of aryl methyl sites for hydroxylation is 2. The minimum absolute atomic E-state index is 0.0932. The molecular formula is C30H37N3O4S. The van der Waals surface area contributed by atoms with Crippen molar-refractivity contribution < 1.29 is 18.0 Å². The summed E-state index contributed by atoms with van der Waals surface area (Å²) in [4.78, 5) is 28.7. The lowest BCUT2D eigenvalue weighted by molar-refractivity contribution is -0.140. The third-order valence-electron chi connectivity index (χ3n) is 6.22. The monoisotopic (exact) mass is 535 g/mol. The van der Waals surface area contributed by atoms with Crippen LogP contribution >= 0.6 is 0 Å². The summed E-state index contributed by atoms with van der Waals surface area (Å²) in [5, 5.41) is 2.90. The smallest absolute Gasteiger partial charge is 0.264 e. The van der Waals surface area contributed by atoms with Gasteiger partial charge in [-0.3, -0.25) is 13.9 Å². The lowest BCUT2D eigenvalue weighted by atomic mass is 10.1. The first-order valence-electron chi connectivity index (χ1n) is 12.8. The average Bonchev–Trinajstić information content (AvgIpc) is 2.88. The normalized spacial score (nSPS) is 12.2. The van der Waals surface area contributed by atoms with Gasteiger partial charge in [-0.2, -0.15) is 0 Å². The number of amides is 2. The lowest BCUT2D eigenvalue weighted by Crippen LogP contribution is -2.53. The standard InChI is InChI=1S/C30H37N3O4S/c1-6-28(30(35)31-22(2)3)32(20-25-10-8-7-9-11-25)29(34)21-33(26-16-12-23(4)13-17-26)38(36,37)27-18-14-24(5)15-19-27/h7-19,22,28H,6,20-21H2,1-5H3,(H,31,35)/t28-/m0/s1. The van der Waals surface area contributed by atoms with Gasteiger partial charge in [0.1, 0.15) is 12.6 Å². The summed E-state index contributed by atoms with van der Waals surface area (Å²) in [6, 6.07) is 22.1. The average molecular weight is 536 g/mol. The third kappa shape index (κ3) is 7.22. The van der Waals surface area contributed by atoms with E-state index in [1.165, 1.54) is 4.90 Å². The molecule has 0 saturated carbocycles. The van der Waals surface area contributed by atoms with E-state index < -0.39 is 28.5 Å². The van der Waals surface area contributed by atoms with E-state index in [1.807, 2.05) is 77.1 Å². The highest BCUT2D eigenvalue weighted by Gasteiger charge is 2.33. The molecule has 1 atom stereocenters. The van der Waals surface area contributed by atoms with Gasteiger partial charge in [0.15, 0.2) is 0 Å². The van der Waals surface area contributed by atoms with Crippen LogP contribution in [0.5, 0.6) is 0 Å². The Balaban J connectivity index is 2.04. The first kappa shape index (κ1) is 28.9. The molecule has 0 aliphatic rings. The number of carbonyl (C=O) groups is 2. The summed E-state index contributed by atoms with van der Waals surface area (Å²) in [7, 11) is -4.07. The Morgan fingerprint density at radius 3 is 1.92 bits per heavy atom. The van der Waals surface area contributed by atoms with Crippen LogP contribution in [0.25, 0.3) is 0 Å². The van der Waals surface area contributed by atoms with E-state index in [0.717, 1.165) is 21.0 Å². The topological polar surface area (TPSA) is 86.8 Å². The molecule has 2 amide bonds. The predicted molar refractivity (Wildman–Crippen MR) is 151 cm³/mol. The second-order valence-corrected chi connectivity index (χ2v) is 11.6. The van der Waals surface area contributed by atoms with E-state index in [0.29, 0.717) is 12.1 Å². The van der Waals surface area contributed by atoms with E-state index >= 15 is 0 Å². The van der Waals surface area contributed by atoms with Crippen molar-refractivity contribution in [3.63, 3.8) is 0 Å². The third-order valence-corrected chi connectivity index (χ3v) is 8.01. The number of hydrogen-bond donors (Lipinski definition) is 1. The van der Waals surface area contributed by atoms with Crippen LogP contribution in [0.15, 0.2) is 83.8 Å². The zero-order chi connectivity index (χ0) is 27.9. The summed E-state index contributed by atoms with van der Waals surface area (Å²) in [6.45, 7) is 9.09. The van der Waals surface area contributed by atoms with Gasteiger partial charge in [-0.25, -0.2) is 8.42 Å². The Kier molecular flexibility index (Phi) is 9.69. The molecule has 0 radical (unpaired) electrons. The predicted octanol–water partition coefficient (Wildman–Crippen LogP) is 4.83. The summed E-state index contributed by atoms with van der Waals surface area (Å²) in [5.41, 5.74) is 3.12. The maximum Gasteiger partial charge on any atom is 0.264 e. The quantitative estimate of drug-likeness (QED) is 0.381. The van der Waals surface area contributed by atoms with Crippen LogP contribution in [0.1, 0.15) is 43.9 Å². The van der Waals surface area contributed by atoms with Gasteiger partial charge in [0.05, 0.1) is 10.6 Å². The van der Waals surface area contributed by atoms with Crippen molar-refractivity contribution in [3.05, 3.63) is 95.6 Å². The second kappa shape index (κ2) is 12.7. The van der Waals surface area contributed by atoms with Crippen molar-refractivity contribution in [1.29, 1.82) is 0 Å². The van der Waals surface area contributed by atoms with Crippen molar-refractivity contribution in [1.82, 2.24) is 10.2 Å². The minimum atomic E-state index is -4.07. The number of benzene rings is 3. The Labute approximate surface area is 226 Å². The number of sulfonamides is 1. The van der Waals surface area contributed by atoms with E-state index in [-0.39, 0.29) is 23.4 Å². The summed E-state index contributed by atoms with van der Waals surface area (Å²) in [6.07, 6.45) is 0.381. The first-order valence-corrected chi connectivity index (χ1v) is 14.3. The van der Waals surface area contributed by atoms with Crippen molar-refractivity contribution >= 4 is 27.5 Å². The van der Waals surface area contributed by atoms with Crippen molar-refractivity contribution in [2.75, 3.05) is 10.8 Å². The molecule has 0 aromatic heterocycles. The van der Waals surface area contributed by atoms with E-state index in [4.69, 9.17) is 0 Å². The molecular weight excluding hydrogens is 498 g/mol. The van der Waals surface area contributed by atoms with Gasteiger partial charge in [-0.1, -0.05) is 72.6 Å². The molecule has 0 aliphatic carbocycles. The molecule has 202 valence electrons. The molecule has 0 fully saturated rings. The molecule has 3 aromatic carbocycles. The van der Waals surface area contributed by atoms with Crippen LogP contribution in [0.2, 0.25) is 0 Å². The van der Waals surface area contributed by atoms with Crippen LogP contribution in [0.4, 0.5) is 5.69 Å². The minimum Gasteiger partial charge on any atom is -0.352 e. The molecule has 7 nitrogen and oxygen atoms in total. The Hall–Kier alpha value is -3.65. The van der Waals surface area contributed by atoms with Crippen molar-refractivity contribution in [3.8, 4) is 0 Å². The molecule has 3 rings (SSSR count). The van der Waals surface area contributed by atoms with Gasteiger partial charge in [0.25, 0.3) is 10.0 Å². The van der Waals surface area contributed by atoms with Crippen LogP contribution in [-0.2, 0) is 26.2 Å². The fourth-order valence-electron chi connectivity index (χ4n) is 4.16.